The maximum absolute atomic E-state index is 11.3. The van der Waals surface area contributed by atoms with Crippen LogP contribution in [0.4, 0.5) is 0 Å². The fourth-order valence-electron chi connectivity index (χ4n) is 0.822. The molecule has 0 atom stereocenters. The summed E-state index contributed by atoms with van der Waals surface area (Å²) in [6.07, 6.45) is 1.52. The second kappa shape index (κ2) is 4.79. The Morgan fingerprint density at radius 3 is 3.08 bits per heavy atom. The zero-order valence-corrected chi connectivity index (χ0v) is 7.71. The number of nitrogens with one attached hydrogen (secondary N) is 1. The molecule has 0 aliphatic heterocycles. The lowest BCUT2D eigenvalue weighted by Crippen LogP contribution is -2.29. The van der Waals surface area contributed by atoms with Gasteiger partial charge in [-0.1, -0.05) is 11.6 Å². The molecule has 0 aliphatic rings. The minimum absolute atomic E-state index is 0.234. The predicted molar refractivity (Wildman–Crippen MR) is 50.6 cm³/mol. The molecule has 1 aromatic heterocycles. The fourth-order valence-corrected chi connectivity index (χ4v) is 1.03. The number of hydrogen-bond acceptors (Lipinski definition) is 3. The van der Waals surface area contributed by atoms with Crippen LogP contribution in [0.25, 0.3) is 0 Å². The summed E-state index contributed by atoms with van der Waals surface area (Å²) in [7, 11) is 0. The van der Waals surface area contributed by atoms with Gasteiger partial charge in [0.15, 0.2) is 0 Å². The molecule has 0 fully saturated rings. The van der Waals surface area contributed by atoms with Crippen molar-refractivity contribution in [2.45, 2.75) is 0 Å². The van der Waals surface area contributed by atoms with Gasteiger partial charge in [0.25, 0.3) is 5.91 Å². The Morgan fingerprint density at radius 2 is 2.46 bits per heavy atom. The molecule has 0 saturated carbocycles. The average Bonchev–Trinajstić information content (AvgIpc) is 2.15. The van der Waals surface area contributed by atoms with Crippen LogP contribution < -0.4 is 11.1 Å². The molecule has 1 aromatic rings. The van der Waals surface area contributed by atoms with E-state index < -0.39 is 0 Å². The standard InChI is InChI=1S/C8H10ClN3O/c9-6-2-1-4-11-7(6)8(13)12-5-3-10/h1-2,4H,3,5,10H2,(H,12,13). The zero-order chi connectivity index (χ0) is 9.68. The Hall–Kier alpha value is -1.13. The van der Waals surface area contributed by atoms with Gasteiger partial charge in [-0.3, -0.25) is 4.79 Å². The van der Waals surface area contributed by atoms with E-state index in [1.165, 1.54) is 6.20 Å². The van der Waals surface area contributed by atoms with E-state index >= 15 is 0 Å². The molecule has 0 spiro atoms. The van der Waals surface area contributed by atoms with Crippen molar-refractivity contribution in [3.8, 4) is 0 Å². The number of pyridine rings is 1. The van der Waals surface area contributed by atoms with Gasteiger partial charge in [-0.05, 0) is 12.1 Å². The molecular weight excluding hydrogens is 190 g/mol. The molecule has 0 radical (unpaired) electrons. The summed E-state index contributed by atoms with van der Waals surface area (Å²) in [6, 6.07) is 3.29. The Bertz CT molecular complexity index is 303. The maximum Gasteiger partial charge on any atom is 0.271 e. The molecule has 0 bridgehead atoms. The molecule has 0 aliphatic carbocycles. The number of carbonyl (C=O) groups excluding carboxylic acids is 1. The largest absolute Gasteiger partial charge is 0.349 e. The van der Waals surface area contributed by atoms with E-state index in [1.807, 2.05) is 0 Å². The lowest BCUT2D eigenvalue weighted by Gasteiger charge is -2.03. The number of nitrogens with zero attached hydrogens (tertiary/aromatic N) is 1. The number of nitrogens with two attached hydrogens (primary N) is 1. The van der Waals surface area contributed by atoms with Crippen molar-refractivity contribution in [2.75, 3.05) is 13.1 Å². The SMILES string of the molecule is NCCNC(=O)c1ncccc1Cl. The number of hydrogen-bond donors (Lipinski definition) is 2. The van der Waals surface area contributed by atoms with E-state index in [-0.39, 0.29) is 11.6 Å². The van der Waals surface area contributed by atoms with Gasteiger partial charge in [0, 0.05) is 19.3 Å². The highest BCUT2D eigenvalue weighted by molar-refractivity contribution is 6.33. The van der Waals surface area contributed by atoms with Gasteiger partial charge in [0.1, 0.15) is 5.69 Å². The van der Waals surface area contributed by atoms with Gasteiger partial charge in [-0.2, -0.15) is 0 Å². The maximum atomic E-state index is 11.3. The number of halogens is 1. The minimum Gasteiger partial charge on any atom is -0.349 e. The molecule has 13 heavy (non-hydrogen) atoms. The van der Waals surface area contributed by atoms with Crippen LogP contribution >= 0.6 is 11.6 Å². The van der Waals surface area contributed by atoms with Crippen molar-refractivity contribution < 1.29 is 4.79 Å². The summed E-state index contributed by atoms with van der Waals surface area (Å²) in [5.41, 5.74) is 5.46. The molecule has 1 amide bonds. The number of amides is 1. The molecule has 1 rings (SSSR count). The molecular formula is C8H10ClN3O. The van der Waals surface area contributed by atoms with Crippen molar-refractivity contribution in [3.05, 3.63) is 29.0 Å². The molecule has 70 valence electrons. The first kappa shape index (κ1) is 9.95. The summed E-state index contributed by atoms with van der Waals surface area (Å²) in [6.45, 7) is 0.821. The molecule has 3 N–H and O–H groups in total. The molecule has 0 unspecified atom stereocenters. The Morgan fingerprint density at radius 1 is 1.69 bits per heavy atom. The van der Waals surface area contributed by atoms with Crippen LogP contribution in [0.5, 0.6) is 0 Å². The van der Waals surface area contributed by atoms with Gasteiger partial charge < -0.3 is 11.1 Å². The van der Waals surface area contributed by atoms with Gasteiger partial charge in [-0.15, -0.1) is 0 Å². The highest BCUT2D eigenvalue weighted by Crippen LogP contribution is 2.11. The first-order valence-electron chi connectivity index (χ1n) is 3.84. The predicted octanol–water partition coefficient (Wildman–Crippen LogP) is 0.424. The fraction of sp³-hybridized carbons (Fsp3) is 0.250. The van der Waals surface area contributed by atoms with Crippen LogP contribution in [-0.4, -0.2) is 24.0 Å². The summed E-state index contributed by atoms with van der Waals surface area (Å²) in [5, 5.41) is 2.92. The van der Waals surface area contributed by atoms with Gasteiger partial charge in [0.2, 0.25) is 0 Å². The van der Waals surface area contributed by atoms with E-state index in [0.717, 1.165) is 0 Å². The van der Waals surface area contributed by atoms with Crippen LogP contribution in [0.2, 0.25) is 5.02 Å². The summed E-state index contributed by atoms with van der Waals surface area (Å²) in [4.78, 5) is 15.2. The molecule has 1 heterocycles. The molecule has 0 aromatic carbocycles. The van der Waals surface area contributed by atoms with E-state index in [4.69, 9.17) is 17.3 Å². The summed E-state index contributed by atoms with van der Waals surface area (Å²) < 4.78 is 0. The van der Waals surface area contributed by atoms with E-state index in [1.54, 1.807) is 12.1 Å². The van der Waals surface area contributed by atoms with Gasteiger partial charge in [0.05, 0.1) is 5.02 Å². The van der Waals surface area contributed by atoms with Crippen LogP contribution in [-0.2, 0) is 0 Å². The lowest BCUT2D eigenvalue weighted by atomic mass is 10.3. The van der Waals surface area contributed by atoms with E-state index in [0.29, 0.717) is 18.1 Å². The van der Waals surface area contributed by atoms with Crippen LogP contribution in [0.1, 0.15) is 10.5 Å². The van der Waals surface area contributed by atoms with Crippen LogP contribution in [0.3, 0.4) is 0 Å². The molecule has 5 heteroatoms. The first-order chi connectivity index (χ1) is 6.25. The van der Waals surface area contributed by atoms with E-state index in [2.05, 4.69) is 10.3 Å². The summed E-state index contributed by atoms with van der Waals surface area (Å²) in [5.74, 6) is -0.295. The highest BCUT2D eigenvalue weighted by atomic mass is 35.5. The van der Waals surface area contributed by atoms with Crippen LogP contribution in [0.15, 0.2) is 18.3 Å². The first-order valence-corrected chi connectivity index (χ1v) is 4.22. The Kier molecular flexibility index (Phi) is 3.67. The van der Waals surface area contributed by atoms with Crippen LogP contribution in [0, 0.1) is 0 Å². The Labute approximate surface area is 81.1 Å². The second-order valence-corrected chi connectivity index (χ2v) is 2.79. The average molecular weight is 200 g/mol. The number of aromatic nitrogens is 1. The lowest BCUT2D eigenvalue weighted by molar-refractivity contribution is 0.0950. The number of carbonyl (C=O) groups is 1. The molecule has 0 saturated heterocycles. The third kappa shape index (κ3) is 2.68. The topological polar surface area (TPSA) is 68.0 Å². The quantitative estimate of drug-likeness (QED) is 0.742. The highest BCUT2D eigenvalue weighted by Gasteiger charge is 2.09. The smallest absolute Gasteiger partial charge is 0.271 e. The van der Waals surface area contributed by atoms with Crippen molar-refractivity contribution >= 4 is 17.5 Å². The summed E-state index contributed by atoms with van der Waals surface area (Å²) >= 11 is 5.74. The van der Waals surface area contributed by atoms with Gasteiger partial charge in [-0.25, -0.2) is 4.98 Å². The minimum atomic E-state index is -0.295. The van der Waals surface area contributed by atoms with Crippen molar-refractivity contribution in [1.82, 2.24) is 10.3 Å². The third-order valence-electron chi connectivity index (χ3n) is 1.40. The van der Waals surface area contributed by atoms with E-state index in [9.17, 15) is 4.79 Å². The molecule has 4 nitrogen and oxygen atoms in total. The van der Waals surface area contributed by atoms with Crippen molar-refractivity contribution in [1.29, 1.82) is 0 Å². The van der Waals surface area contributed by atoms with Gasteiger partial charge >= 0.3 is 0 Å². The second-order valence-electron chi connectivity index (χ2n) is 2.38. The normalized spacial score (nSPS) is 9.69. The number of rotatable bonds is 3. The Balaban J connectivity index is 2.71. The zero-order valence-electron chi connectivity index (χ0n) is 6.96. The van der Waals surface area contributed by atoms with Crippen molar-refractivity contribution in [2.24, 2.45) is 5.73 Å². The van der Waals surface area contributed by atoms with Crippen molar-refractivity contribution in [3.63, 3.8) is 0 Å². The monoisotopic (exact) mass is 199 g/mol. The third-order valence-corrected chi connectivity index (χ3v) is 1.71.